The van der Waals surface area contributed by atoms with Gasteiger partial charge >= 0.3 is 6.09 Å². The second kappa shape index (κ2) is 13.1. The van der Waals surface area contributed by atoms with Gasteiger partial charge in [-0.1, -0.05) is 78.9 Å². The number of para-hydroxylation sites is 1. The third kappa shape index (κ3) is 7.94. The molecule has 1 saturated heterocycles. The van der Waals surface area contributed by atoms with Crippen LogP contribution >= 0.6 is 0 Å². The van der Waals surface area contributed by atoms with Crippen LogP contribution in [0.2, 0.25) is 0 Å². The molecule has 35 heavy (non-hydrogen) atoms. The highest BCUT2D eigenvalue weighted by Gasteiger charge is 2.22. The number of likely N-dealkylation sites (N-methyl/N-ethyl adjacent to an activating group) is 1. The number of anilines is 1. The average Bonchev–Trinajstić information content (AvgIpc) is 2.90. The van der Waals surface area contributed by atoms with E-state index in [9.17, 15) is 4.79 Å². The fourth-order valence-electron chi connectivity index (χ4n) is 4.62. The Labute approximate surface area is 209 Å². The maximum atomic E-state index is 12.6. The van der Waals surface area contributed by atoms with E-state index in [-0.39, 0.29) is 12.2 Å². The van der Waals surface area contributed by atoms with Gasteiger partial charge in [0.25, 0.3) is 0 Å². The minimum absolute atomic E-state index is 0.0289. The normalized spacial score (nSPS) is 14.7. The Morgan fingerprint density at radius 1 is 0.914 bits per heavy atom. The summed E-state index contributed by atoms with van der Waals surface area (Å²) in [6.07, 6.45) is 3.67. The van der Waals surface area contributed by atoms with E-state index in [0.29, 0.717) is 0 Å². The highest BCUT2D eigenvalue weighted by Crippen LogP contribution is 2.28. The number of nitrogens with one attached hydrogen (secondary N) is 1. The first kappa shape index (κ1) is 25.0. The van der Waals surface area contributed by atoms with Crippen LogP contribution in [0.4, 0.5) is 10.5 Å². The van der Waals surface area contributed by atoms with Crippen molar-refractivity contribution in [3.8, 4) is 11.1 Å². The van der Waals surface area contributed by atoms with Crippen LogP contribution < -0.4 is 5.32 Å². The molecule has 0 aliphatic carbocycles. The molecular weight excluding hydrogens is 434 g/mol. The highest BCUT2D eigenvalue weighted by atomic mass is 16.6. The van der Waals surface area contributed by atoms with Crippen molar-refractivity contribution in [2.75, 3.05) is 45.1 Å². The molecule has 4 rings (SSSR count). The van der Waals surface area contributed by atoms with Gasteiger partial charge in [0, 0.05) is 31.7 Å². The molecule has 3 aromatic carbocycles. The van der Waals surface area contributed by atoms with Crippen molar-refractivity contribution < 1.29 is 9.53 Å². The van der Waals surface area contributed by atoms with Crippen LogP contribution in [0, 0.1) is 0 Å². The van der Waals surface area contributed by atoms with E-state index in [4.69, 9.17) is 4.74 Å². The molecule has 1 heterocycles. The topological polar surface area (TPSA) is 44.8 Å². The Kier molecular flexibility index (Phi) is 9.32. The van der Waals surface area contributed by atoms with Crippen LogP contribution in [0.3, 0.4) is 0 Å². The number of benzene rings is 3. The predicted molar refractivity (Wildman–Crippen MR) is 144 cm³/mol. The summed E-state index contributed by atoms with van der Waals surface area (Å²) in [5, 5.41) is 2.96. The third-order valence-corrected chi connectivity index (χ3v) is 6.70. The van der Waals surface area contributed by atoms with Crippen LogP contribution in [-0.2, 0) is 11.2 Å². The van der Waals surface area contributed by atoms with E-state index in [1.807, 2.05) is 54.6 Å². The molecule has 0 bridgehead atoms. The van der Waals surface area contributed by atoms with Crippen molar-refractivity contribution in [3.05, 3.63) is 90.5 Å². The first-order chi connectivity index (χ1) is 17.2. The molecule has 3 aromatic rings. The Morgan fingerprint density at radius 2 is 1.57 bits per heavy atom. The summed E-state index contributed by atoms with van der Waals surface area (Å²) in [7, 11) is 2.21. The minimum Gasteiger partial charge on any atom is -0.446 e. The molecule has 1 fully saturated rings. The molecule has 0 atom stereocenters. The number of carbonyl (C=O) groups excluding carboxylic acids is 1. The SMILES string of the molecule is CN(CCCc1ccccc1)CCN1CCC(OC(=O)Nc2ccccc2-c2ccccc2)CC1. The second-order valence-electron chi connectivity index (χ2n) is 9.38. The Bertz CT molecular complexity index is 1030. The standard InChI is InChI=1S/C30H37N3O2/c1-32(20-10-13-25-11-4-2-5-12-25)23-24-33-21-18-27(19-22-33)35-30(34)31-29-17-9-8-16-28(29)26-14-6-3-7-15-26/h2-9,11-12,14-17,27H,10,13,18-24H2,1H3,(H,31,34). The number of aryl methyl sites for hydroxylation is 1. The monoisotopic (exact) mass is 471 g/mol. The van der Waals surface area contributed by atoms with E-state index in [1.165, 1.54) is 12.0 Å². The van der Waals surface area contributed by atoms with Crippen LogP contribution in [0.25, 0.3) is 11.1 Å². The molecule has 5 nitrogen and oxygen atoms in total. The summed E-state index contributed by atoms with van der Waals surface area (Å²) in [4.78, 5) is 17.5. The lowest BCUT2D eigenvalue weighted by Crippen LogP contribution is -2.41. The van der Waals surface area contributed by atoms with Gasteiger partial charge in [0.15, 0.2) is 0 Å². The van der Waals surface area contributed by atoms with Crippen molar-refractivity contribution in [1.29, 1.82) is 0 Å². The zero-order valence-electron chi connectivity index (χ0n) is 20.7. The lowest BCUT2D eigenvalue weighted by atomic mass is 10.0. The van der Waals surface area contributed by atoms with Crippen molar-refractivity contribution in [2.24, 2.45) is 0 Å². The molecule has 0 saturated carbocycles. The third-order valence-electron chi connectivity index (χ3n) is 6.70. The molecular formula is C30H37N3O2. The zero-order chi connectivity index (χ0) is 24.3. The molecule has 0 unspecified atom stereocenters. The predicted octanol–water partition coefficient (Wildman–Crippen LogP) is 5.93. The molecule has 0 spiro atoms. The molecule has 1 aliphatic rings. The fraction of sp³-hybridized carbons (Fsp3) is 0.367. The van der Waals surface area contributed by atoms with E-state index < -0.39 is 0 Å². The Morgan fingerprint density at radius 3 is 2.31 bits per heavy atom. The number of amides is 1. The van der Waals surface area contributed by atoms with Crippen molar-refractivity contribution in [3.63, 3.8) is 0 Å². The Balaban J connectivity index is 1.14. The number of carbonyl (C=O) groups is 1. The first-order valence-electron chi connectivity index (χ1n) is 12.7. The molecule has 5 heteroatoms. The average molecular weight is 472 g/mol. The smallest absolute Gasteiger partial charge is 0.411 e. The number of ether oxygens (including phenoxy) is 1. The second-order valence-corrected chi connectivity index (χ2v) is 9.38. The number of rotatable bonds is 10. The number of likely N-dealkylation sites (tertiary alicyclic amines) is 1. The molecule has 1 amide bonds. The number of piperidine rings is 1. The van der Waals surface area contributed by atoms with Crippen LogP contribution in [0.5, 0.6) is 0 Å². The lowest BCUT2D eigenvalue weighted by Gasteiger charge is -2.32. The van der Waals surface area contributed by atoms with Crippen LogP contribution in [0.1, 0.15) is 24.8 Å². The van der Waals surface area contributed by atoms with Crippen LogP contribution in [-0.4, -0.2) is 61.8 Å². The van der Waals surface area contributed by atoms with Crippen molar-refractivity contribution in [1.82, 2.24) is 9.80 Å². The lowest BCUT2D eigenvalue weighted by molar-refractivity contribution is 0.0565. The van der Waals surface area contributed by atoms with Crippen LogP contribution in [0.15, 0.2) is 84.9 Å². The van der Waals surface area contributed by atoms with Gasteiger partial charge in [-0.3, -0.25) is 5.32 Å². The van der Waals surface area contributed by atoms with Gasteiger partial charge < -0.3 is 14.5 Å². The minimum atomic E-state index is -0.370. The van der Waals surface area contributed by atoms with E-state index in [1.54, 1.807) is 0 Å². The summed E-state index contributed by atoms with van der Waals surface area (Å²) in [5.41, 5.74) is 4.25. The summed E-state index contributed by atoms with van der Waals surface area (Å²) < 4.78 is 5.77. The van der Waals surface area contributed by atoms with Gasteiger partial charge in [0.1, 0.15) is 6.10 Å². The first-order valence-corrected chi connectivity index (χ1v) is 12.7. The maximum Gasteiger partial charge on any atom is 0.411 e. The summed E-state index contributed by atoms with van der Waals surface area (Å²) in [6, 6.07) is 28.6. The summed E-state index contributed by atoms with van der Waals surface area (Å²) >= 11 is 0. The van der Waals surface area contributed by atoms with Gasteiger partial charge in [0.05, 0.1) is 5.69 Å². The number of hydrogen-bond donors (Lipinski definition) is 1. The van der Waals surface area contributed by atoms with Crippen molar-refractivity contribution in [2.45, 2.75) is 31.8 Å². The van der Waals surface area contributed by atoms with Gasteiger partial charge in [-0.15, -0.1) is 0 Å². The van der Waals surface area contributed by atoms with Gasteiger partial charge in [0.2, 0.25) is 0 Å². The molecule has 0 aromatic heterocycles. The zero-order valence-corrected chi connectivity index (χ0v) is 20.7. The highest BCUT2D eigenvalue weighted by molar-refractivity contribution is 5.91. The number of nitrogens with zero attached hydrogens (tertiary/aromatic N) is 2. The summed E-state index contributed by atoms with van der Waals surface area (Å²) in [5.74, 6) is 0. The molecule has 1 aliphatic heterocycles. The maximum absolute atomic E-state index is 12.6. The molecule has 0 radical (unpaired) electrons. The Hall–Kier alpha value is -3.15. The van der Waals surface area contributed by atoms with E-state index in [2.05, 4.69) is 52.5 Å². The largest absolute Gasteiger partial charge is 0.446 e. The van der Waals surface area contributed by atoms with E-state index >= 15 is 0 Å². The molecule has 1 N–H and O–H groups in total. The van der Waals surface area contributed by atoms with Gasteiger partial charge in [-0.25, -0.2) is 4.79 Å². The summed E-state index contributed by atoms with van der Waals surface area (Å²) in [6.45, 7) is 5.17. The van der Waals surface area contributed by atoms with E-state index in [0.717, 1.165) is 68.8 Å². The quantitative estimate of drug-likeness (QED) is 0.398. The molecule has 184 valence electrons. The van der Waals surface area contributed by atoms with Crippen molar-refractivity contribution >= 4 is 11.8 Å². The van der Waals surface area contributed by atoms with Gasteiger partial charge in [-0.2, -0.15) is 0 Å². The van der Waals surface area contributed by atoms with Gasteiger partial charge in [-0.05, 0) is 56.5 Å². The fourth-order valence-corrected chi connectivity index (χ4v) is 4.62. The number of hydrogen-bond acceptors (Lipinski definition) is 4.